The maximum atomic E-state index is 13.3. The van der Waals surface area contributed by atoms with Crippen LogP contribution in [0.4, 0.5) is 4.39 Å². The lowest BCUT2D eigenvalue weighted by molar-refractivity contribution is 0.593. The van der Waals surface area contributed by atoms with Crippen LogP contribution in [-0.4, -0.2) is 22.8 Å². The molecule has 0 heterocycles. The minimum absolute atomic E-state index is 0.330. The predicted octanol–water partition coefficient (Wildman–Crippen LogP) is 1.17. The van der Waals surface area contributed by atoms with E-state index in [2.05, 4.69) is 5.32 Å². The van der Waals surface area contributed by atoms with Crippen LogP contribution in [0.25, 0.3) is 0 Å². The molecule has 0 saturated heterocycles. The van der Waals surface area contributed by atoms with Crippen LogP contribution in [0.5, 0.6) is 0 Å². The van der Waals surface area contributed by atoms with Crippen LogP contribution in [0, 0.1) is 17.1 Å². The molecule has 0 aliphatic rings. The Morgan fingerprint density at radius 2 is 2.31 bits per heavy atom. The molecule has 0 aliphatic heterocycles. The largest absolute Gasteiger partial charge is 0.312 e. The topological polar surface area (TPSA) is 52.9 Å². The highest BCUT2D eigenvalue weighted by Gasteiger charge is 2.03. The zero-order valence-corrected chi connectivity index (χ0v) is 9.81. The molecule has 0 aliphatic carbocycles. The highest BCUT2D eigenvalue weighted by atomic mass is 32.2. The standard InChI is InChI=1S/C11H13FN2OS/c1-16(15)5-4-14-8-10-6-9(7-13)2-3-11(10)12/h2-3,6,14H,4-5,8H2,1H3. The van der Waals surface area contributed by atoms with Crippen molar-refractivity contribution in [2.75, 3.05) is 18.6 Å². The van der Waals surface area contributed by atoms with Crippen molar-refractivity contribution < 1.29 is 8.60 Å². The van der Waals surface area contributed by atoms with Gasteiger partial charge in [-0.1, -0.05) is 0 Å². The Morgan fingerprint density at radius 3 is 2.94 bits per heavy atom. The second-order valence-corrected chi connectivity index (χ2v) is 4.93. The van der Waals surface area contributed by atoms with E-state index < -0.39 is 10.8 Å². The molecule has 86 valence electrons. The second kappa shape index (κ2) is 6.36. The monoisotopic (exact) mass is 240 g/mol. The van der Waals surface area contributed by atoms with Crippen molar-refractivity contribution in [2.45, 2.75) is 6.54 Å². The van der Waals surface area contributed by atoms with E-state index in [0.717, 1.165) is 0 Å². The van der Waals surface area contributed by atoms with Gasteiger partial charge in [0.2, 0.25) is 0 Å². The van der Waals surface area contributed by atoms with E-state index in [1.54, 1.807) is 6.26 Å². The maximum Gasteiger partial charge on any atom is 0.127 e. The third-order valence-corrected chi connectivity index (χ3v) is 2.84. The van der Waals surface area contributed by atoms with Crippen molar-refractivity contribution in [2.24, 2.45) is 0 Å². The summed E-state index contributed by atoms with van der Waals surface area (Å²) in [5, 5.41) is 11.6. The van der Waals surface area contributed by atoms with Gasteiger partial charge >= 0.3 is 0 Å². The molecule has 0 bridgehead atoms. The molecule has 1 rings (SSSR count). The zero-order valence-electron chi connectivity index (χ0n) is 9.00. The Morgan fingerprint density at radius 1 is 1.56 bits per heavy atom. The molecule has 16 heavy (non-hydrogen) atoms. The Bertz CT molecular complexity index is 428. The minimum Gasteiger partial charge on any atom is -0.312 e. The summed E-state index contributed by atoms with van der Waals surface area (Å²) in [6.07, 6.45) is 1.62. The van der Waals surface area contributed by atoms with Crippen molar-refractivity contribution in [1.82, 2.24) is 5.32 Å². The highest BCUT2D eigenvalue weighted by Crippen LogP contribution is 2.09. The van der Waals surface area contributed by atoms with Gasteiger partial charge in [-0.15, -0.1) is 0 Å². The molecule has 1 unspecified atom stereocenters. The van der Waals surface area contributed by atoms with Gasteiger partial charge < -0.3 is 5.32 Å². The summed E-state index contributed by atoms with van der Waals surface area (Å²) in [6.45, 7) is 0.915. The molecule has 3 nitrogen and oxygen atoms in total. The fourth-order valence-corrected chi connectivity index (χ4v) is 1.65. The quantitative estimate of drug-likeness (QED) is 0.786. The molecule has 5 heteroatoms. The molecule has 0 aromatic heterocycles. The van der Waals surface area contributed by atoms with Crippen LogP contribution in [-0.2, 0) is 17.3 Å². The molecule has 1 aromatic rings. The van der Waals surface area contributed by atoms with Crippen LogP contribution in [0.2, 0.25) is 0 Å². The maximum absolute atomic E-state index is 13.3. The number of nitriles is 1. The van der Waals surface area contributed by atoms with Crippen LogP contribution < -0.4 is 5.32 Å². The summed E-state index contributed by atoms with van der Waals surface area (Å²) >= 11 is 0. The first-order chi connectivity index (χ1) is 7.63. The molecule has 0 fully saturated rings. The molecule has 0 amide bonds. The SMILES string of the molecule is CS(=O)CCNCc1cc(C#N)ccc1F. The zero-order chi connectivity index (χ0) is 12.0. The third kappa shape index (κ3) is 4.09. The van der Waals surface area contributed by atoms with Crippen molar-refractivity contribution in [3.05, 3.63) is 35.1 Å². The van der Waals surface area contributed by atoms with Crippen LogP contribution in [0.3, 0.4) is 0 Å². The Balaban J connectivity index is 2.53. The van der Waals surface area contributed by atoms with E-state index in [-0.39, 0.29) is 5.82 Å². The summed E-state index contributed by atoms with van der Waals surface area (Å²) in [7, 11) is -0.843. The first-order valence-electron chi connectivity index (χ1n) is 4.82. The highest BCUT2D eigenvalue weighted by molar-refractivity contribution is 7.84. The molecule has 0 saturated carbocycles. The minimum atomic E-state index is -0.843. The van der Waals surface area contributed by atoms with E-state index in [9.17, 15) is 8.60 Å². The molecule has 0 spiro atoms. The summed E-state index contributed by atoms with van der Waals surface area (Å²) in [6, 6.07) is 6.21. The normalized spacial score (nSPS) is 12.1. The number of hydrogen-bond donors (Lipinski definition) is 1. The smallest absolute Gasteiger partial charge is 0.127 e. The third-order valence-electron chi connectivity index (χ3n) is 2.06. The molecular formula is C11H13FN2OS. The molecule has 0 radical (unpaired) electrons. The number of rotatable bonds is 5. The Labute approximate surface area is 96.7 Å². The first-order valence-corrected chi connectivity index (χ1v) is 6.55. The lowest BCUT2D eigenvalue weighted by Crippen LogP contribution is -2.20. The molecule has 1 aromatic carbocycles. The number of benzene rings is 1. The van der Waals surface area contributed by atoms with Crippen molar-refractivity contribution in [1.29, 1.82) is 5.26 Å². The first kappa shape index (κ1) is 12.8. The van der Waals surface area contributed by atoms with Gasteiger partial charge in [0, 0.05) is 41.5 Å². The predicted molar refractivity (Wildman–Crippen MR) is 61.8 cm³/mol. The van der Waals surface area contributed by atoms with Gasteiger partial charge in [0.25, 0.3) is 0 Å². The number of hydrogen-bond acceptors (Lipinski definition) is 3. The van der Waals surface area contributed by atoms with Crippen molar-refractivity contribution in [3.63, 3.8) is 0 Å². The second-order valence-electron chi connectivity index (χ2n) is 3.37. The van der Waals surface area contributed by atoms with Crippen LogP contribution in [0.15, 0.2) is 18.2 Å². The molecule has 1 N–H and O–H groups in total. The Kier molecular flexibility index (Phi) is 5.09. The van der Waals surface area contributed by atoms with Gasteiger partial charge in [-0.05, 0) is 18.2 Å². The average Bonchev–Trinajstić information content (AvgIpc) is 2.26. The van der Waals surface area contributed by atoms with E-state index in [1.807, 2.05) is 6.07 Å². The van der Waals surface area contributed by atoms with Gasteiger partial charge in [-0.25, -0.2) is 4.39 Å². The summed E-state index contributed by atoms with van der Waals surface area (Å²) in [4.78, 5) is 0. The van der Waals surface area contributed by atoms with Gasteiger partial charge in [0.05, 0.1) is 11.6 Å². The van der Waals surface area contributed by atoms with E-state index in [0.29, 0.717) is 30.0 Å². The number of nitrogens with zero attached hydrogens (tertiary/aromatic N) is 1. The summed E-state index contributed by atoms with van der Waals surface area (Å²) in [5.74, 6) is 0.212. The van der Waals surface area contributed by atoms with Crippen molar-refractivity contribution >= 4 is 10.8 Å². The average molecular weight is 240 g/mol. The van der Waals surface area contributed by atoms with E-state index >= 15 is 0 Å². The van der Waals surface area contributed by atoms with E-state index in [1.165, 1.54) is 18.2 Å². The lowest BCUT2D eigenvalue weighted by Gasteiger charge is -2.05. The van der Waals surface area contributed by atoms with Gasteiger partial charge in [0.1, 0.15) is 5.82 Å². The van der Waals surface area contributed by atoms with Crippen LogP contribution in [0.1, 0.15) is 11.1 Å². The van der Waals surface area contributed by atoms with Gasteiger partial charge in [0.15, 0.2) is 0 Å². The number of halogens is 1. The Hall–Kier alpha value is -1.25. The summed E-state index contributed by atoms with van der Waals surface area (Å²) in [5.41, 5.74) is 0.901. The molecular weight excluding hydrogens is 227 g/mol. The van der Waals surface area contributed by atoms with Gasteiger partial charge in [-0.2, -0.15) is 5.26 Å². The van der Waals surface area contributed by atoms with Crippen LogP contribution >= 0.6 is 0 Å². The fraction of sp³-hybridized carbons (Fsp3) is 0.364. The van der Waals surface area contributed by atoms with E-state index in [4.69, 9.17) is 5.26 Å². The molecule has 1 atom stereocenters. The number of nitrogens with one attached hydrogen (secondary N) is 1. The van der Waals surface area contributed by atoms with Crippen molar-refractivity contribution in [3.8, 4) is 6.07 Å². The lowest BCUT2D eigenvalue weighted by atomic mass is 10.1. The fourth-order valence-electron chi connectivity index (χ4n) is 1.22. The summed E-state index contributed by atoms with van der Waals surface area (Å²) < 4.78 is 24.1. The van der Waals surface area contributed by atoms with Gasteiger partial charge in [-0.3, -0.25) is 4.21 Å².